The summed E-state index contributed by atoms with van der Waals surface area (Å²) in [7, 11) is 0. The lowest BCUT2D eigenvalue weighted by molar-refractivity contribution is 0.419. The summed E-state index contributed by atoms with van der Waals surface area (Å²) in [6.45, 7) is 4.19. The third kappa shape index (κ3) is 2.96. The van der Waals surface area contributed by atoms with Crippen molar-refractivity contribution in [2.75, 3.05) is 0 Å². The van der Waals surface area contributed by atoms with Crippen molar-refractivity contribution in [1.82, 2.24) is 9.97 Å². The van der Waals surface area contributed by atoms with Crippen molar-refractivity contribution in [3.63, 3.8) is 0 Å². The van der Waals surface area contributed by atoms with Crippen LogP contribution in [0.2, 0.25) is 5.28 Å². The molecule has 1 aromatic carbocycles. The lowest BCUT2D eigenvalue weighted by Gasteiger charge is -2.08. The summed E-state index contributed by atoms with van der Waals surface area (Å²) in [5.74, 6) is 0.122. The third-order valence-corrected chi connectivity index (χ3v) is 2.63. The van der Waals surface area contributed by atoms with E-state index < -0.39 is 5.82 Å². The second-order valence-corrected chi connectivity index (χ2v) is 4.46. The highest BCUT2D eigenvalue weighted by atomic mass is 35.5. The quantitative estimate of drug-likeness (QED) is 0.782. The van der Waals surface area contributed by atoms with Gasteiger partial charge in [0.05, 0.1) is 6.20 Å². The van der Waals surface area contributed by atoms with Crippen LogP contribution in [-0.2, 0) is 0 Å². The van der Waals surface area contributed by atoms with Crippen molar-refractivity contribution in [2.45, 2.75) is 19.8 Å². The predicted molar refractivity (Wildman–Crippen MR) is 67.6 cm³/mol. The van der Waals surface area contributed by atoms with Crippen LogP contribution in [0.4, 0.5) is 4.39 Å². The Morgan fingerprint density at radius 3 is 2.50 bits per heavy atom. The Labute approximate surface area is 110 Å². The van der Waals surface area contributed by atoms with Gasteiger partial charge in [0.2, 0.25) is 11.1 Å². The van der Waals surface area contributed by atoms with Crippen LogP contribution in [0.1, 0.15) is 25.3 Å². The molecule has 0 amide bonds. The zero-order chi connectivity index (χ0) is 13.1. The second-order valence-electron chi connectivity index (χ2n) is 4.12. The summed E-state index contributed by atoms with van der Waals surface area (Å²) in [5.41, 5.74) is 1.18. The Bertz CT molecular complexity index is 543. The minimum absolute atomic E-state index is 0.0507. The number of ether oxygens (including phenoxy) is 1. The van der Waals surface area contributed by atoms with Crippen molar-refractivity contribution in [1.29, 1.82) is 0 Å². The predicted octanol–water partition coefficient (Wildman–Crippen LogP) is 4.18. The van der Waals surface area contributed by atoms with E-state index in [0.717, 1.165) is 6.20 Å². The van der Waals surface area contributed by atoms with Gasteiger partial charge in [0.15, 0.2) is 0 Å². The highest BCUT2D eigenvalue weighted by Gasteiger charge is 2.08. The van der Waals surface area contributed by atoms with E-state index in [1.807, 2.05) is 12.1 Å². The summed E-state index contributed by atoms with van der Waals surface area (Å²) in [4.78, 5) is 7.20. The van der Waals surface area contributed by atoms with Gasteiger partial charge in [-0.05, 0) is 35.2 Å². The van der Waals surface area contributed by atoms with Gasteiger partial charge < -0.3 is 4.74 Å². The molecule has 0 fully saturated rings. The average molecular weight is 267 g/mol. The maximum Gasteiger partial charge on any atom is 0.260 e. The van der Waals surface area contributed by atoms with Crippen LogP contribution in [0.25, 0.3) is 0 Å². The fraction of sp³-hybridized carbons (Fsp3) is 0.231. The molecule has 3 nitrogen and oxygen atoms in total. The molecule has 1 aromatic heterocycles. The van der Waals surface area contributed by atoms with Crippen LogP contribution in [0.5, 0.6) is 11.6 Å². The van der Waals surface area contributed by atoms with Crippen molar-refractivity contribution in [3.8, 4) is 11.6 Å². The largest absolute Gasteiger partial charge is 0.436 e. The minimum atomic E-state index is -0.646. The minimum Gasteiger partial charge on any atom is -0.436 e. The highest BCUT2D eigenvalue weighted by Crippen LogP contribution is 2.24. The smallest absolute Gasteiger partial charge is 0.260 e. The molecule has 1 heterocycles. The molecule has 2 rings (SSSR count). The maximum absolute atomic E-state index is 13.4. The van der Waals surface area contributed by atoms with Gasteiger partial charge in [-0.1, -0.05) is 26.0 Å². The molecule has 5 heteroatoms. The first-order valence-electron chi connectivity index (χ1n) is 5.52. The van der Waals surface area contributed by atoms with E-state index in [-0.39, 0.29) is 11.2 Å². The van der Waals surface area contributed by atoms with Gasteiger partial charge in [0.1, 0.15) is 5.75 Å². The molecule has 0 aliphatic rings. The molecule has 0 spiro atoms. The van der Waals surface area contributed by atoms with Gasteiger partial charge in [-0.25, -0.2) is 4.98 Å². The van der Waals surface area contributed by atoms with Gasteiger partial charge in [0.25, 0.3) is 5.88 Å². The molecular formula is C13H12ClFN2O. The van der Waals surface area contributed by atoms with Gasteiger partial charge in [-0.3, -0.25) is 0 Å². The van der Waals surface area contributed by atoms with Crippen molar-refractivity contribution >= 4 is 11.6 Å². The van der Waals surface area contributed by atoms with Crippen LogP contribution in [0.3, 0.4) is 0 Å². The zero-order valence-electron chi connectivity index (χ0n) is 10.0. The topological polar surface area (TPSA) is 35.0 Å². The summed E-state index contributed by atoms with van der Waals surface area (Å²) in [5, 5.41) is -0.0507. The van der Waals surface area contributed by atoms with Crippen molar-refractivity contribution < 1.29 is 9.13 Å². The summed E-state index contributed by atoms with van der Waals surface area (Å²) in [6, 6.07) is 7.40. The molecule has 0 unspecified atom stereocenters. The first-order valence-corrected chi connectivity index (χ1v) is 5.90. The Kier molecular flexibility index (Phi) is 3.77. The van der Waals surface area contributed by atoms with E-state index >= 15 is 0 Å². The van der Waals surface area contributed by atoms with E-state index in [1.54, 1.807) is 12.1 Å². The Morgan fingerprint density at radius 2 is 1.89 bits per heavy atom. The highest BCUT2D eigenvalue weighted by molar-refractivity contribution is 6.28. The van der Waals surface area contributed by atoms with Crippen LogP contribution < -0.4 is 4.74 Å². The number of benzene rings is 1. The molecule has 0 atom stereocenters. The number of rotatable bonds is 3. The van der Waals surface area contributed by atoms with Crippen LogP contribution in [0.15, 0.2) is 30.5 Å². The third-order valence-electron chi connectivity index (χ3n) is 2.44. The molecule has 18 heavy (non-hydrogen) atoms. The number of hydrogen-bond donors (Lipinski definition) is 0. The number of hydrogen-bond acceptors (Lipinski definition) is 3. The van der Waals surface area contributed by atoms with E-state index in [0.29, 0.717) is 11.7 Å². The monoisotopic (exact) mass is 266 g/mol. The molecule has 2 aromatic rings. The summed E-state index contributed by atoms with van der Waals surface area (Å²) >= 11 is 5.58. The van der Waals surface area contributed by atoms with E-state index in [4.69, 9.17) is 16.3 Å². The number of aromatic nitrogens is 2. The van der Waals surface area contributed by atoms with Crippen LogP contribution in [-0.4, -0.2) is 9.97 Å². The normalized spacial score (nSPS) is 10.7. The SMILES string of the molecule is CC(C)c1ccc(Oc2nc(Cl)ncc2F)cc1. The first kappa shape index (κ1) is 12.8. The molecule has 94 valence electrons. The molecule has 0 aliphatic heterocycles. The first-order chi connectivity index (χ1) is 8.56. The van der Waals surface area contributed by atoms with Crippen molar-refractivity contribution in [2.24, 2.45) is 0 Å². The molecular weight excluding hydrogens is 255 g/mol. The van der Waals surface area contributed by atoms with E-state index in [2.05, 4.69) is 23.8 Å². The van der Waals surface area contributed by atoms with Crippen molar-refractivity contribution in [3.05, 3.63) is 47.1 Å². The second kappa shape index (κ2) is 5.31. The molecule has 0 saturated carbocycles. The molecule has 0 saturated heterocycles. The Morgan fingerprint density at radius 1 is 1.22 bits per heavy atom. The lowest BCUT2D eigenvalue weighted by Crippen LogP contribution is -1.95. The molecule has 0 N–H and O–H groups in total. The molecule has 0 aliphatic carbocycles. The van der Waals surface area contributed by atoms with Gasteiger partial charge >= 0.3 is 0 Å². The van der Waals surface area contributed by atoms with E-state index in [9.17, 15) is 4.39 Å². The zero-order valence-corrected chi connectivity index (χ0v) is 10.8. The fourth-order valence-corrected chi connectivity index (χ4v) is 1.56. The van der Waals surface area contributed by atoms with Gasteiger partial charge in [0, 0.05) is 0 Å². The summed E-state index contributed by atoms with van der Waals surface area (Å²) < 4.78 is 18.7. The average Bonchev–Trinajstić information content (AvgIpc) is 2.34. The fourth-order valence-electron chi connectivity index (χ4n) is 1.44. The van der Waals surface area contributed by atoms with Gasteiger partial charge in [-0.15, -0.1) is 0 Å². The van der Waals surface area contributed by atoms with Crippen LogP contribution >= 0.6 is 11.6 Å². The molecule has 0 radical (unpaired) electrons. The Hall–Kier alpha value is -1.68. The van der Waals surface area contributed by atoms with Gasteiger partial charge in [-0.2, -0.15) is 9.37 Å². The number of halogens is 2. The van der Waals surface area contributed by atoms with E-state index in [1.165, 1.54) is 5.56 Å². The number of nitrogens with zero attached hydrogens (tertiary/aromatic N) is 2. The van der Waals surface area contributed by atoms with Crippen LogP contribution in [0, 0.1) is 5.82 Å². The lowest BCUT2D eigenvalue weighted by atomic mass is 10.0. The summed E-state index contributed by atoms with van der Waals surface area (Å²) in [6.07, 6.45) is 0.979. The Balaban J connectivity index is 2.21. The molecule has 0 bridgehead atoms. The maximum atomic E-state index is 13.4. The standard InChI is InChI=1S/C13H12ClFN2O/c1-8(2)9-3-5-10(6-4-9)18-12-11(15)7-16-13(14)17-12/h3-8H,1-2H3.